The van der Waals surface area contributed by atoms with Crippen molar-refractivity contribution in [1.29, 1.82) is 0 Å². The lowest BCUT2D eigenvalue weighted by molar-refractivity contribution is -0.117. The summed E-state index contributed by atoms with van der Waals surface area (Å²) in [5, 5.41) is 7.55. The highest BCUT2D eigenvalue weighted by Crippen LogP contribution is 2.35. The Bertz CT molecular complexity index is 573. The van der Waals surface area contributed by atoms with E-state index in [4.69, 9.17) is 0 Å². The maximum absolute atomic E-state index is 12.4. The van der Waals surface area contributed by atoms with Gasteiger partial charge in [0.1, 0.15) is 0 Å². The van der Waals surface area contributed by atoms with E-state index < -0.39 is 0 Å². The molecule has 3 heterocycles. The highest BCUT2D eigenvalue weighted by atomic mass is 32.1. The monoisotopic (exact) mass is 333 g/mol. The summed E-state index contributed by atoms with van der Waals surface area (Å²) in [6, 6.07) is 1.31. The number of carbonyl (C=O) groups excluding carboxylic acids is 1. The van der Waals surface area contributed by atoms with Gasteiger partial charge in [0.05, 0.1) is 5.69 Å². The second kappa shape index (κ2) is 6.52. The van der Waals surface area contributed by atoms with Gasteiger partial charge in [-0.15, -0.1) is 11.3 Å². The Morgan fingerprint density at radius 2 is 2.04 bits per heavy atom. The van der Waals surface area contributed by atoms with E-state index in [1.54, 1.807) is 11.3 Å². The van der Waals surface area contributed by atoms with E-state index in [1.807, 2.05) is 0 Å². The number of hydrogen-bond acceptors (Lipinski definition) is 4. The number of amides is 1. The number of hydrogen-bond donors (Lipinski definition) is 2. The molecule has 4 nitrogen and oxygen atoms in total. The molecule has 1 aromatic rings. The normalized spacial score (nSPS) is 32.6. The van der Waals surface area contributed by atoms with Crippen molar-refractivity contribution in [3.8, 4) is 0 Å². The molecule has 2 N–H and O–H groups in total. The summed E-state index contributed by atoms with van der Waals surface area (Å²) in [6.07, 6.45) is 10.3. The van der Waals surface area contributed by atoms with E-state index in [1.165, 1.54) is 36.3 Å². The van der Waals surface area contributed by atoms with Crippen LogP contribution in [0.25, 0.3) is 0 Å². The van der Waals surface area contributed by atoms with Crippen molar-refractivity contribution in [2.45, 2.75) is 76.8 Å². The summed E-state index contributed by atoms with van der Waals surface area (Å²) in [7, 11) is 0. The summed E-state index contributed by atoms with van der Waals surface area (Å²) in [4.78, 5) is 18.5. The molecule has 3 unspecified atom stereocenters. The molecule has 3 aliphatic rings. The zero-order valence-electron chi connectivity index (χ0n) is 13.9. The first-order valence-corrected chi connectivity index (χ1v) is 10.1. The molecule has 2 saturated heterocycles. The number of nitrogens with one attached hydrogen (secondary N) is 2. The number of nitrogens with zero attached hydrogens (tertiary/aromatic N) is 1. The minimum Gasteiger partial charge on any atom is -0.311 e. The lowest BCUT2D eigenvalue weighted by atomic mass is 9.89. The number of carbonyl (C=O) groups is 1. The number of anilines is 1. The minimum atomic E-state index is 0.162. The third-order valence-electron chi connectivity index (χ3n) is 5.91. The van der Waals surface area contributed by atoms with Crippen LogP contribution in [0.15, 0.2) is 0 Å². The average Bonchev–Trinajstić information content (AvgIpc) is 3.08. The zero-order valence-corrected chi connectivity index (χ0v) is 14.8. The third-order valence-corrected chi connectivity index (χ3v) is 6.95. The van der Waals surface area contributed by atoms with Gasteiger partial charge in [-0.05, 0) is 56.8 Å². The zero-order chi connectivity index (χ0) is 15.8. The quantitative estimate of drug-likeness (QED) is 0.886. The molecule has 5 heteroatoms. The summed E-state index contributed by atoms with van der Waals surface area (Å²) in [5.74, 6) is 1.51. The van der Waals surface area contributed by atoms with Crippen molar-refractivity contribution in [1.82, 2.24) is 10.3 Å². The molecule has 2 aliphatic heterocycles. The van der Waals surface area contributed by atoms with E-state index in [9.17, 15) is 4.79 Å². The summed E-state index contributed by atoms with van der Waals surface area (Å²) in [6.45, 7) is 2.27. The number of aromatic nitrogens is 1. The Balaban J connectivity index is 1.33. The molecule has 2 bridgehead atoms. The van der Waals surface area contributed by atoms with Crippen LogP contribution < -0.4 is 10.6 Å². The molecule has 0 aromatic carbocycles. The first-order chi connectivity index (χ1) is 11.2. The first kappa shape index (κ1) is 15.6. The highest BCUT2D eigenvalue weighted by molar-refractivity contribution is 7.15. The Morgan fingerprint density at radius 1 is 1.26 bits per heavy atom. The number of fused-ring (bicyclic) bond motifs is 3. The van der Waals surface area contributed by atoms with Crippen LogP contribution in [0.1, 0.15) is 62.4 Å². The van der Waals surface area contributed by atoms with Crippen molar-refractivity contribution in [2.75, 3.05) is 5.32 Å². The van der Waals surface area contributed by atoms with Crippen LogP contribution in [0.3, 0.4) is 0 Å². The van der Waals surface area contributed by atoms with Gasteiger partial charge in [-0.1, -0.05) is 13.3 Å². The average molecular weight is 334 g/mol. The standard InChI is InChI=1S/C18H27N3OS/c1-2-11-3-6-15-16(9-11)23-18(20-15)21-17(22)10-12-7-13-4-5-14(8-12)19-13/h11-14,19H,2-10H2,1H3,(H,20,21,22). The van der Waals surface area contributed by atoms with E-state index in [-0.39, 0.29) is 5.91 Å². The molecule has 126 valence electrons. The number of aryl methyl sites for hydroxylation is 1. The Hall–Kier alpha value is -0.940. The smallest absolute Gasteiger partial charge is 0.226 e. The van der Waals surface area contributed by atoms with Crippen LogP contribution in [-0.4, -0.2) is 23.0 Å². The van der Waals surface area contributed by atoms with E-state index >= 15 is 0 Å². The fourth-order valence-corrected chi connectivity index (χ4v) is 5.76. The number of piperidine rings is 1. The molecule has 2 fully saturated rings. The van der Waals surface area contributed by atoms with Crippen LogP contribution in [0.5, 0.6) is 0 Å². The van der Waals surface area contributed by atoms with Gasteiger partial charge in [-0.2, -0.15) is 0 Å². The van der Waals surface area contributed by atoms with Crippen molar-refractivity contribution < 1.29 is 4.79 Å². The van der Waals surface area contributed by atoms with E-state index in [0.717, 1.165) is 36.7 Å². The van der Waals surface area contributed by atoms with Gasteiger partial charge < -0.3 is 10.6 Å². The van der Waals surface area contributed by atoms with Crippen molar-refractivity contribution in [3.05, 3.63) is 10.6 Å². The van der Waals surface area contributed by atoms with Crippen molar-refractivity contribution in [3.63, 3.8) is 0 Å². The number of rotatable bonds is 4. The SMILES string of the molecule is CCC1CCc2nc(NC(=O)CC3CC4CCC(C3)N4)sc2C1. The van der Waals surface area contributed by atoms with Crippen LogP contribution in [-0.2, 0) is 17.6 Å². The second-order valence-corrected chi connectivity index (χ2v) is 8.72. The van der Waals surface area contributed by atoms with Crippen LogP contribution in [0.2, 0.25) is 0 Å². The Labute approximate surface area is 142 Å². The largest absolute Gasteiger partial charge is 0.311 e. The van der Waals surface area contributed by atoms with Gasteiger partial charge in [0.25, 0.3) is 0 Å². The molecule has 1 aliphatic carbocycles. The lowest BCUT2D eigenvalue weighted by Crippen LogP contribution is -2.39. The molecule has 4 rings (SSSR count). The fourth-order valence-electron chi connectivity index (χ4n) is 4.62. The summed E-state index contributed by atoms with van der Waals surface area (Å²) >= 11 is 1.70. The number of thiazole rings is 1. The molecule has 0 radical (unpaired) electrons. The molecule has 0 saturated carbocycles. The second-order valence-electron chi connectivity index (χ2n) is 7.63. The molecule has 3 atom stereocenters. The highest BCUT2D eigenvalue weighted by Gasteiger charge is 2.34. The molecule has 1 aromatic heterocycles. The topological polar surface area (TPSA) is 54.0 Å². The Morgan fingerprint density at radius 3 is 2.78 bits per heavy atom. The van der Waals surface area contributed by atoms with E-state index in [2.05, 4.69) is 22.5 Å². The van der Waals surface area contributed by atoms with Gasteiger partial charge in [0.2, 0.25) is 5.91 Å². The van der Waals surface area contributed by atoms with Crippen LogP contribution in [0.4, 0.5) is 5.13 Å². The molecule has 0 spiro atoms. The first-order valence-electron chi connectivity index (χ1n) is 9.24. The van der Waals surface area contributed by atoms with Gasteiger partial charge in [0, 0.05) is 23.4 Å². The maximum atomic E-state index is 12.4. The fraction of sp³-hybridized carbons (Fsp3) is 0.778. The van der Waals surface area contributed by atoms with Gasteiger partial charge in [0.15, 0.2) is 5.13 Å². The minimum absolute atomic E-state index is 0.162. The molecule has 1 amide bonds. The predicted molar refractivity (Wildman–Crippen MR) is 93.8 cm³/mol. The molecule has 23 heavy (non-hydrogen) atoms. The summed E-state index contributed by atoms with van der Waals surface area (Å²) < 4.78 is 0. The molecular formula is C18H27N3OS. The predicted octanol–water partition coefficient (Wildman–Crippen LogP) is 3.52. The van der Waals surface area contributed by atoms with Crippen molar-refractivity contribution >= 4 is 22.4 Å². The van der Waals surface area contributed by atoms with Crippen LogP contribution >= 0.6 is 11.3 Å². The van der Waals surface area contributed by atoms with Gasteiger partial charge in [-0.3, -0.25) is 4.79 Å². The Kier molecular flexibility index (Phi) is 4.41. The molecular weight excluding hydrogens is 306 g/mol. The van der Waals surface area contributed by atoms with Crippen molar-refractivity contribution in [2.24, 2.45) is 11.8 Å². The third kappa shape index (κ3) is 3.45. The van der Waals surface area contributed by atoms with Gasteiger partial charge >= 0.3 is 0 Å². The van der Waals surface area contributed by atoms with Gasteiger partial charge in [-0.25, -0.2) is 4.98 Å². The lowest BCUT2D eigenvalue weighted by Gasteiger charge is -2.28. The van der Waals surface area contributed by atoms with Crippen LogP contribution in [0, 0.1) is 11.8 Å². The van der Waals surface area contributed by atoms with E-state index in [0.29, 0.717) is 24.4 Å². The maximum Gasteiger partial charge on any atom is 0.226 e. The summed E-state index contributed by atoms with van der Waals surface area (Å²) in [5.41, 5.74) is 1.23.